The van der Waals surface area contributed by atoms with Gasteiger partial charge in [-0.25, -0.2) is 13.8 Å². The van der Waals surface area contributed by atoms with Crippen LogP contribution in [0.5, 0.6) is 0 Å². The van der Waals surface area contributed by atoms with Gasteiger partial charge in [0.2, 0.25) is 0 Å². The van der Waals surface area contributed by atoms with Crippen LogP contribution in [-0.2, 0) is 20.0 Å². The van der Waals surface area contributed by atoms with Crippen LogP contribution in [0, 0.1) is 11.6 Å². The molecule has 2 aromatic rings. The van der Waals surface area contributed by atoms with E-state index in [1.54, 1.807) is 4.68 Å². The van der Waals surface area contributed by atoms with Gasteiger partial charge in [-0.3, -0.25) is 4.68 Å². The van der Waals surface area contributed by atoms with Crippen molar-refractivity contribution in [2.75, 3.05) is 6.54 Å². The summed E-state index contributed by atoms with van der Waals surface area (Å²) < 4.78 is 27.5. The first-order valence-corrected chi connectivity index (χ1v) is 5.64. The van der Waals surface area contributed by atoms with Gasteiger partial charge in [-0.2, -0.15) is 5.10 Å². The minimum Gasteiger partial charge on any atom is -0.310 e. The molecule has 18 heavy (non-hydrogen) atoms. The van der Waals surface area contributed by atoms with Crippen LogP contribution in [0.15, 0.2) is 24.5 Å². The molecule has 1 aromatic carbocycles. The third-order valence-corrected chi connectivity index (χ3v) is 2.60. The number of hydrogen-bond acceptors (Lipinski definition) is 3. The molecule has 0 amide bonds. The maximum absolute atomic E-state index is 12.9. The van der Waals surface area contributed by atoms with Crippen LogP contribution in [0.3, 0.4) is 0 Å². The Morgan fingerprint density at radius 2 is 1.94 bits per heavy atom. The predicted octanol–water partition coefficient (Wildman–Crippen LogP) is 1.43. The van der Waals surface area contributed by atoms with Gasteiger partial charge >= 0.3 is 0 Å². The van der Waals surface area contributed by atoms with E-state index < -0.39 is 11.6 Å². The van der Waals surface area contributed by atoms with Crippen LogP contribution in [-0.4, -0.2) is 21.3 Å². The van der Waals surface area contributed by atoms with Crippen molar-refractivity contribution in [1.29, 1.82) is 0 Å². The number of rotatable bonds is 5. The first-order chi connectivity index (χ1) is 8.65. The van der Waals surface area contributed by atoms with Gasteiger partial charge < -0.3 is 5.32 Å². The van der Waals surface area contributed by atoms with E-state index in [0.29, 0.717) is 25.1 Å². The molecule has 1 aromatic heterocycles. The monoisotopic (exact) mass is 252 g/mol. The van der Waals surface area contributed by atoms with Crippen molar-refractivity contribution >= 4 is 0 Å². The lowest BCUT2D eigenvalue weighted by Gasteiger charge is -2.05. The maximum Gasteiger partial charge on any atom is 0.140 e. The molecule has 0 unspecified atom stereocenters. The zero-order valence-electron chi connectivity index (χ0n) is 10.0. The zero-order chi connectivity index (χ0) is 13.0. The van der Waals surface area contributed by atoms with Gasteiger partial charge in [-0.1, -0.05) is 0 Å². The molecular weight excluding hydrogens is 238 g/mol. The van der Waals surface area contributed by atoms with Crippen LogP contribution in [0.2, 0.25) is 0 Å². The van der Waals surface area contributed by atoms with Crippen molar-refractivity contribution in [1.82, 2.24) is 20.1 Å². The van der Waals surface area contributed by atoms with E-state index in [4.69, 9.17) is 0 Å². The summed E-state index contributed by atoms with van der Waals surface area (Å²) in [7, 11) is 1.81. The molecule has 0 saturated heterocycles. The summed E-state index contributed by atoms with van der Waals surface area (Å²) in [5.74, 6) is -0.267. The Hall–Kier alpha value is -1.82. The summed E-state index contributed by atoms with van der Waals surface area (Å²) >= 11 is 0. The minimum absolute atomic E-state index is 0.543. The fourth-order valence-corrected chi connectivity index (χ4v) is 1.67. The average molecular weight is 252 g/mol. The Morgan fingerprint density at radius 3 is 2.56 bits per heavy atom. The Balaban J connectivity index is 1.80. The number of hydrogen-bond donors (Lipinski definition) is 1. The fraction of sp³-hybridized carbons (Fsp3) is 0.333. The van der Waals surface area contributed by atoms with Gasteiger partial charge in [-0.15, -0.1) is 0 Å². The molecule has 0 aliphatic rings. The number of benzene rings is 1. The summed E-state index contributed by atoms with van der Waals surface area (Å²) in [6, 6.07) is 3.55. The molecule has 1 N–H and O–H groups in total. The summed E-state index contributed by atoms with van der Waals surface area (Å²) in [6.07, 6.45) is 2.05. The van der Waals surface area contributed by atoms with Crippen molar-refractivity contribution in [2.24, 2.45) is 7.05 Å². The number of nitrogens with zero attached hydrogens (tertiary/aromatic N) is 3. The molecule has 2 rings (SSSR count). The first-order valence-electron chi connectivity index (χ1n) is 5.64. The van der Waals surface area contributed by atoms with Crippen molar-refractivity contribution in [3.05, 3.63) is 47.5 Å². The standard InChI is InChI=1S/C12H14F2N4/c1-18-12(16-8-17-18)7-15-3-2-9-4-10(13)6-11(14)5-9/h4-6,8,15H,2-3,7H2,1H3. The fourth-order valence-electron chi connectivity index (χ4n) is 1.67. The van der Waals surface area contributed by atoms with E-state index in [-0.39, 0.29) is 0 Å². The second-order valence-electron chi connectivity index (χ2n) is 4.00. The van der Waals surface area contributed by atoms with E-state index in [0.717, 1.165) is 11.9 Å². The lowest BCUT2D eigenvalue weighted by molar-refractivity contribution is 0.575. The van der Waals surface area contributed by atoms with Gasteiger partial charge in [0.25, 0.3) is 0 Å². The molecule has 0 atom stereocenters. The molecule has 4 nitrogen and oxygen atoms in total. The van der Waals surface area contributed by atoms with Crippen molar-refractivity contribution in [3.63, 3.8) is 0 Å². The molecule has 0 saturated carbocycles. The Bertz CT molecular complexity index is 504. The molecule has 0 aliphatic heterocycles. The summed E-state index contributed by atoms with van der Waals surface area (Å²) in [5.41, 5.74) is 0.637. The highest BCUT2D eigenvalue weighted by atomic mass is 19.1. The highest BCUT2D eigenvalue weighted by Gasteiger charge is 2.02. The second kappa shape index (κ2) is 5.68. The second-order valence-corrected chi connectivity index (χ2v) is 4.00. The van der Waals surface area contributed by atoms with E-state index in [1.807, 2.05) is 7.05 Å². The molecule has 0 aliphatic carbocycles. The van der Waals surface area contributed by atoms with Crippen LogP contribution in [0.4, 0.5) is 8.78 Å². The Labute approximate surface area is 104 Å². The van der Waals surface area contributed by atoms with E-state index in [1.165, 1.54) is 18.5 Å². The van der Waals surface area contributed by atoms with Crippen molar-refractivity contribution in [3.8, 4) is 0 Å². The minimum atomic E-state index is -0.543. The van der Waals surface area contributed by atoms with Gasteiger partial charge in [0.15, 0.2) is 0 Å². The molecule has 0 radical (unpaired) electrons. The molecule has 6 heteroatoms. The number of halogens is 2. The molecule has 0 spiro atoms. The Kier molecular flexibility index (Phi) is 3.99. The van der Waals surface area contributed by atoms with Gasteiger partial charge in [0.1, 0.15) is 23.8 Å². The maximum atomic E-state index is 12.9. The summed E-state index contributed by atoms with van der Waals surface area (Å²) in [6.45, 7) is 1.20. The van der Waals surface area contributed by atoms with Crippen molar-refractivity contribution < 1.29 is 8.78 Å². The largest absolute Gasteiger partial charge is 0.310 e. The van der Waals surface area contributed by atoms with E-state index in [2.05, 4.69) is 15.4 Å². The lowest BCUT2D eigenvalue weighted by Crippen LogP contribution is -2.19. The highest BCUT2D eigenvalue weighted by Crippen LogP contribution is 2.08. The van der Waals surface area contributed by atoms with E-state index in [9.17, 15) is 8.78 Å². The quantitative estimate of drug-likeness (QED) is 0.818. The SMILES string of the molecule is Cn1ncnc1CNCCc1cc(F)cc(F)c1. The third kappa shape index (κ3) is 3.33. The highest BCUT2D eigenvalue weighted by molar-refractivity contribution is 5.18. The van der Waals surface area contributed by atoms with Gasteiger partial charge in [0.05, 0.1) is 6.54 Å². The molecular formula is C12H14F2N4. The van der Waals surface area contributed by atoms with Crippen LogP contribution in [0.25, 0.3) is 0 Å². The molecule has 1 heterocycles. The molecule has 0 bridgehead atoms. The lowest BCUT2D eigenvalue weighted by atomic mass is 10.1. The number of nitrogens with one attached hydrogen (secondary N) is 1. The van der Waals surface area contributed by atoms with E-state index >= 15 is 0 Å². The average Bonchev–Trinajstić information content (AvgIpc) is 2.69. The topological polar surface area (TPSA) is 42.7 Å². The predicted molar refractivity (Wildman–Crippen MR) is 62.8 cm³/mol. The van der Waals surface area contributed by atoms with Crippen LogP contribution < -0.4 is 5.32 Å². The number of aromatic nitrogens is 3. The van der Waals surface area contributed by atoms with Crippen LogP contribution >= 0.6 is 0 Å². The van der Waals surface area contributed by atoms with Gasteiger partial charge in [0, 0.05) is 13.1 Å². The molecule has 0 fully saturated rings. The van der Waals surface area contributed by atoms with Crippen LogP contribution in [0.1, 0.15) is 11.4 Å². The zero-order valence-corrected chi connectivity index (χ0v) is 10.0. The summed E-state index contributed by atoms with van der Waals surface area (Å²) in [4.78, 5) is 4.06. The Morgan fingerprint density at radius 1 is 1.22 bits per heavy atom. The van der Waals surface area contributed by atoms with Crippen molar-refractivity contribution in [2.45, 2.75) is 13.0 Å². The third-order valence-electron chi connectivity index (χ3n) is 2.60. The first kappa shape index (κ1) is 12.6. The normalized spacial score (nSPS) is 10.8. The van der Waals surface area contributed by atoms with Gasteiger partial charge in [-0.05, 0) is 30.7 Å². The number of aryl methyl sites for hydroxylation is 1. The summed E-state index contributed by atoms with van der Waals surface area (Å²) in [5, 5.41) is 7.09. The molecule has 96 valence electrons. The smallest absolute Gasteiger partial charge is 0.140 e.